The first kappa shape index (κ1) is 6.18. The molecular formula is C8H11NO. The zero-order chi connectivity index (χ0) is 7.19. The largest absolute Gasteiger partial charge is 0.366 e. The highest BCUT2D eigenvalue weighted by Crippen LogP contribution is 2.48. The number of nitriles is 1. The topological polar surface area (TPSA) is 36.3 Å². The maximum absolute atomic E-state index is 8.64. The van der Waals surface area contributed by atoms with E-state index in [-0.39, 0.29) is 11.5 Å². The SMILES string of the molecule is C[C@@]12C[C@H](C#N)CC[C@@H]1O2. The van der Waals surface area contributed by atoms with Gasteiger partial charge in [0.15, 0.2) is 0 Å². The first-order valence-corrected chi connectivity index (χ1v) is 3.82. The van der Waals surface area contributed by atoms with Crippen LogP contribution in [0.1, 0.15) is 26.2 Å². The lowest BCUT2D eigenvalue weighted by Gasteiger charge is -2.16. The van der Waals surface area contributed by atoms with Gasteiger partial charge >= 0.3 is 0 Å². The molecule has 0 unspecified atom stereocenters. The van der Waals surface area contributed by atoms with Crippen molar-refractivity contribution in [1.82, 2.24) is 0 Å². The van der Waals surface area contributed by atoms with E-state index in [9.17, 15) is 0 Å². The third kappa shape index (κ3) is 0.741. The second-order valence-corrected chi connectivity index (χ2v) is 3.53. The summed E-state index contributed by atoms with van der Waals surface area (Å²) in [7, 11) is 0. The number of epoxide rings is 1. The second kappa shape index (κ2) is 1.73. The van der Waals surface area contributed by atoms with Gasteiger partial charge in [-0.1, -0.05) is 0 Å². The monoisotopic (exact) mass is 137 g/mol. The van der Waals surface area contributed by atoms with Crippen molar-refractivity contribution >= 4 is 0 Å². The first-order valence-electron chi connectivity index (χ1n) is 3.82. The Morgan fingerprint density at radius 3 is 3.00 bits per heavy atom. The summed E-state index contributed by atoms with van der Waals surface area (Å²) < 4.78 is 5.45. The maximum Gasteiger partial charge on any atom is 0.0933 e. The van der Waals surface area contributed by atoms with Gasteiger partial charge in [0, 0.05) is 5.92 Å². The molecule has 0 N–H and O–H groups in total. The number of hydrogen-bond acceptors (Lipinski definition) is 2. The van der Waals surface area contributed by atoms with Gasteiger partial charge < -0.3 is 4.74 Å². The summed E-state index contributed by atoms with van der Waals surface area (Å²) >= 11 is 0. The van der Waals surface area contributed by atoms with E-state index in [1.54, 1.807) is 0 Å². The molecule has 1 aliphatic carbocycles. The quantitative estimate of drug-likeness (QED) is 0.474. The Hall–Kier alpha value is -0.550. The molecule has 1 aliphatic heterocycles. The highest BCUT2D eigenvalue weighted by molar-refractivity contribution is 5.07. The van der Waals surface area contributed by atoms with Crippen LogP contribution >= 0.6 is 0 Å². The minimum Gasteiger partial charge on any atom is -0.366 e. The van der Waals surface area contributed by atoms with E-state index >= 15 is 0 Å². The molecule has 3 atom stereocenters. The molecule has 10 heavy (non-hydrogen) atoms. The van der Waals surface area contributed by atoms with Crippen molar-refractivity contribution < 1.29 is 4.74 Å². The summed E-state index contributed by atoms with van der Waals surface area (Å²) in [4.78, 5) is 0. The molecule has 2 nitrogen and oxygen atoms in total. The molecule has 0 aromatic carbocycles. The number of fused-ring (bicyclic) bond motifs is 1. The third-order valence-corrected chi connectivity index (χ3v) is 2.65. The van der Waals surface area contributed by atoms with E-state index < -0.39 is 0 Å². The second-order valence-electron chi connectivity index (χ2n) is 3.53. The van der Waals surface area contributed by atoms with E-state index in [0.717, 1.165) is 19.3 Å². The van der Waals surface area contributed by atoms with Crippen LogP contribution in [0.3, 0.4) is 0 Å². The molecule has 0 bridgehead atoms. The van der Waals surface area contributed by atoms with Crippen molar-refractivity contribution in [2.45, 2.75) is 37.9 Å². The fourth-order valence-corrected chi connectivity index (χ4v) is 1.89. The van der Waals surface area contributed by atoms with E-state index in [4.69, 9.17) is 10.00 Å². The van der Waals surface area contributed by atoms with Crippen LogP contribution in [0.4, 0.5) is 0 Å². The summed E-state index contributed by atoms with van der Waals surface area (Å²) in [6.07, 6.45) is 3.57. The molecule has 1 saturated carbocycles. The summed E-state index contributed by atoms with van der Waals surface area (Å²) in [5, 5.41) is 8.64. The molecule has 0 aromatic rings. The Morgan fingerprint density at radius 1 is 1.60 bits per heavy atom. The van der Waals surface area contributed by atoms with E-state index in [1.165, 1.54) is 0 Å². The van der Waals surface area contributed by atoms with Crippen molar-refractivity contribution in [3.63, 3.8) is 0 Å². The molecule has 2 heteroatoms. The molecule has 2 rings (SSSR count). The standard InChI is InChI=1S/C8H11NO/c1-8-4-6(5-9)2-3-7(8)10-8/h6-7H,2-4H2,1H3/t6-,7+,8-/m1/s1. The van der Waals surface area contributed by atoms with Crippen LogP contribution in [0.5, 0.6) is 0 Å². The lowest BCUT2D eigenvalue weighted by atomic mass is 9.83. The highest BCUT2D eigenvalue weighted by Gasteiger charge is 2.55. The number of rotatable bonds is 0. The van der Waals surface area contributed by atoms with Gasteiger partial charge in [0.1, 0.15) is 0 Å². The van der Waals surface area contributed by atoms with Gasteiger partial charge in [0.2, 0.25) is 0 Å². The summed E-state index contributed by atoms with van der Waals surface area (Å²) in [6, 6.07) is 2.31. The molecule has 0 radical (unpaired) electrons. The van der Waals surface area contributed by atoms with Crippen LogP contribution in [0.15, 0.2) is 0 Å². The van der Waals surface area contributed by atoms with E-state index in [2.05, 4.69) is 13.0 Å². The first-order chi connectivity index (χ1) is 4.74. The summed E-state index contributed by atoms with van der Waals surface area (Å²) in [5.74, 6) is 0.253. The smallest absolute Gasteiger partial charge is 0.0933 e. The van der Waals surface area contributed by atoms with E-state index in [1.807, 2.05) is 0 Å². The lowest BCUT2D eigenvalue weighted by Crippen LogP contribution is -2.21. The van der Waals surface area contributed by atoms with Gasteiger partial charge in [0.05, 0.1) is 17.8 Å². The summed E-state index contributed by atoms with van der Waals surface area (Å²) in [5.41, 5.74) is 0.0959. The minimum absolute atomic E-state index is 0.0959. The number of nitrogens with zero attached hydrogens (tertiary/aromatic N) is 1. The van der Waals surface area contributed by atoms with Crippen molar-refractivity contribution in [2.75, 3.05) is 0 Å². The van der Waals surface area contributed by atoms with Crippen LogP contribution in [-0.2, 0) is 4.74 Å². The van der Waals surface area contributed by atoms with Crippen molar-refractivity contribution in [1.29, 1.82) is 5.26 Å². The Balaban J connectivity index is 2.04. The van der Waals surface area contributed by atoms with Crippen LogP contribution in [0, 0.1) is 17.2 Å². The normalized spacial score (nSPS) is 51.2. The Bertz CT molecular complexity index is 196. The van der Waals surface area contributed by atoms with Gasteiger partial charge in [-0.2, -0.15) is 5.26 Å². The van der Waals surface area contributed by atoms with E-state index in [0.29, 0.717) is 6.10 Å². The van der Waals surface area contributed by atoms with Crippen LogP contribution < -0.4 is 0 Å². The third-order valence-electron chi connectivity index (χ3n) is 2.65. The zero-order valence-corrected chi connectivity index (χ0v) is 6.13. The van der Waals surface area contributed by atoms with Crippen LogP contribution in [0.25, 0.3) is 0 Å². The Morgan fingerprint density at radius 2 is 2.40 bits per heavy atom. The molecule has 2 aliphatic rings. The van der Waals surface area contributed by atoms with Gasteiger partial charge in [-0.05, 0) is 26.2 Å². The summed E-state index contributed by atoms with van der Waals surface area (Å²) in [6.45, 7) is 2.11. The van der Waals surface area contributed by atoms with Crippen LogP contribution in [-0.4, -0.2) is 11.7 Å². The lowest BCUT2D eigenvalue weighted by molar-refractivity contribution is 0.292. The molecule has 0 amide bonds. The van der Waals surface area contributed by atoms with Gasteiger partial charge in [-0.15, -0.1) is 0 Å². The number of hydrogen-bond donors (Lipinski definition) is 0. The van der Waals surface area contributed by atoms with Gasteiger partial charge in [-0.3, -0.25) is 0 Å². The molecule has 0 spiro atoms. The van der Waals surface area contributed by atoms with Crippen molar-refractivity contribution in [3.8, 4) is 6.07 Å². The molecular weight excluding hydrogens is 126 g/mol. The average molecular weight is 137 g/mol. The molecule has 2 fully saturated rings. The highest BCUT2D eigenvalue weighted by atomic mass is 16.6. The average Bonchev–Trinajstić information content (AvgIpc) is 2.58. The molecule has 1 heterocycles. The molecule has 54 valence electrons. The Labute approximate surface area is 60.8 Å². The predicted molar refractivity (Wildman–Crippen MR) is 36.2 cm³/mol. The Kier molecular flexibility index (Phi) is 1.07. The fourth-order valence-electron chi connectivity index (χ4n) is 1.89. The molecule has 1 saturated heterocycles. The fraction of sp³-hybridized carbons (Fsp3) is 0.875. The maximum atomic E-state index is 8.64. The number of ether oxygens (including phenoxy) is 1. The van der Waals surface area contributed by atoms with Crippen molar-refractivity contribution in [3.05, 3.63) is 0 Å². The van der Waals surface area contributed by atoms with Gasteiger partial charge in [-0.25, -0.2) is 0 Å². The molecule has 0 aromatic heterocycles. The van der Waals surface area contributed by atoms with Gasteiger partial charge in [0.25, 0.3) is 0 Å². The minimum atomic E-state index is 0.0959. The van der Waals surface area contributed by atoms with Crippen LogP contribution in [0.2, 0.25) is 0 Å². The zero-order valence-electron chi connectivity index (χ0n) is 6.13. The van der Waals surface area contributed by atoms with Crippen molar-refractivity contribution in [2.24, 2.45) is 5.92 Å². The predicted octanol–water partition coefficient (Wildman–Crippen LogP) is 1.47.